The summed E-state index contributed by atoms with van der Waals surface area (Å²) in [5.74, 6) is -0.272. The molecule has 0 bridgehead atoms. The number of nitrogens with zero attached hydrogens (tertiary/aromatic N) is 1. The summed E-state index contributed by atoms with van der Waals surface area (Å²) >= 11 is 6.01. The standard InChI is InChI=1S/C12H16ClFN2.ClH/c13-12-8-11(14)3-2-10(12)9-16-6-1-4-15-5-7-16;/h2-3,8,15H,1,4-7,9H2;1H. The van der Waals surface area contributed by atoms with Gasteiger partial charge in [-0.2, -0.15) is 0 Å². The summed E-state index contributed by atoms with van der Waals surface area (Å²) in [6.07, 6.45) is 1.15. The average molecular weight is 279 g/mol. The molecule has 0 aliphatic carbocycles. The number of benzene rings is 1. The van der Waals surface area contributed by atoms with Crippen molar-refractivity contribution in [2.45, 2.75) is 13.0 Å². The Labute approximate surface area is 113 Å². The van der Waals surface area contributed by atoms with Crippen LogP contribution in [0.1, 0.15) is 12.0 Å². The minimum Gasteiger partial charge on any atom is -0.315 e. The Bertz CT molecular complexity index is 352. The van der Waals surface area contributed by atoms with Crippen LogP contribution >= 0.6 is 24.0 Å². The zero-order valence-electron chi connectivity index (χ0n) is 9.59. The summed E-state index contributed by atoms with van der Waals surface area (Å²) in [5, 5.41) is 3.88. The van der Waals surface area contributed by atoms with E-state index >= 15 is 0 Å². The van der Waals surface area contributed by atoms with Crippen LogP contribution in [0, 0.1) is 5.82 Å². The molecule has 2 nitrogen and oxygen atoms in total. The van der Waals surface area contributed by atoms with Crippen molar-refractivity contribution in [1.82, 2.24) is 10.2 Å². The zero-order chi connectivity index (χ0) is 11.4. The van der Waals surface area contributed by atoms with Gasteiger partial charge in [0.25, 0.3) is 0 Å². The molecule has 5 heteroatoms. The van der Waals surface area contributed by atoms with E-state index in [0.717, 1.165) is 44.7 Å². The maximum atomic E-state index is 12.9. The Balaban J connectivity index is 0.00000144. The maximum absolute atomic E-state index is 12.9. The topological polar surface area (TPSA) is 15.3 Å². The molecule has 0 saturated carbocycles. The van der Waals surface area contributed by atoms with Gasteiger partial charge >= 0.3 is 0 Å². The number of rotatable bonds is 2. The van der Waals surface area contributed by atoms with Crippen molar-refractivity contribution < 1.29 is 4.39 Å². The summed E-state index contributed by atoms with van der Waals surface area (Å²) in [7, 11) is 0. The third-order valence-electron chi connectivity index (χ3n) is 2.84. The van der Waals surface area contributed by atoms with Crippen molar-refractivity contribution in [3.63, 3.8) is 0 Å². The highest BCUT2D eigenvalue weighted by Crippen LogP contribution is 2.19. The Morgan fingerprint density at radius 3 is 2.88 bits per heavy atom. The van der Waals surface area contributed by atoms with Crippen molar-refractivity contribution in [1.29, 1.82) is 0 Å². The third kappa shape index (κ3) is 4.43. The van der Waals surface area contributed by atoms with Crippen LogP contribution in [0.2, 0.25) is 5.02 Å². The second-order valence-corrected chi connectivity index (χ2v) is 4.52. The van der Waals surface area contributed by atoms with E-state index in [9.17, 15) is 4.39 Å². The van der Waals surface area contributed by atoms with E-state index in [0.29, 0.717) is 5.02 Å². The van der Waals surface area contributed by atoms with Gasteiger partial charge in [-0.1, -0.05) is 17.7 Å². The van der Waals surface area contributed by atoms with Gasteiger partial charge in [-0.15, -0.1) is 12.4 Å². The first-order chi connectivity index (χ1) is 7.75. The van der Waals surface area contributed by atoms with Crippen molar-refractivity contribution >= 4 is 24.0 Å². The van der Waals surface area contributed by atoms with Gasteiger partial charge in [-0.05, 0) is 37.2 Å². The predicted octanol–water partition coefficient (Wildman–Crippen LogP) is 2.70. The third-order valence-corrected chi connectivity index (χ3v) is 3.19. The smallest absolute Gasteiger partial charge is 0.124 e. The normalized spacial score (nSPS) is 17.3. The van der Waals surface area contributed by atoms with E-state index in [4.69, 9.17) is 11.6 Å². The van der Waals surface area contributed by atoms with E-state index in [-0.39, 0.29) is 18.2 Å². The highest BCUT2D eigenvalue weighted by atomic mass is 35.5. The molecular weight excluding hydrogens is 262 g/mol. The van der Waals surface area contributed by atoms with Crippen LogP contribution < -0.4 is 5.32 Å². The van der Waals surface area contributed by atoms with Gasteiger partial charge in [0, 0.05) is 24.7 Å². The van der Waals surface area contributed by atoms with Gasteiger partial charge in [-0.25, -0.2) is 4.39 Å². The van der Waals surface area contributed by atoms with Crippen LogP contribution in [0.15, 0.2) is 18.2 Å². The number of nitrogens with one attached hydrogen (secondary N) is 1. The molecule has 1 fully saturated rings. The SMILES string of the molecule is Cl.Fc1ccc(CN2CCCNCC2)c(Cl)c1. The first kappa shape index (κ1) is 14.7. The molecule has 1 saturated heterocycles. The van der Waals surface area contributed by atoms with E-state index < -0.39 is 0 Å². The second-order valence-electron chi connectivity index (χ2n) is 4.12. The fraction of sp³-hybridized carbons (Fsp3) is 0.500. The monoisotopic (exact) mass is 278 g/mol. The second kappa shape index (κ2) is 7.17. The van der Waals surface area contributed by atoms with Crippen LogP contribution in [-0.4, -0.2) is 31.1 Å². The molecule has 2 rings (SSSR count). The van der Waals surface area contributed by atoms with E-state index in [1.54, 1.807) is 6.07 Å². The largest absolute Gasteiger partial charge is 0.315 e. The maximum Gasteiger partial charge on any atom is 0.124 e. The molecule has 1 N–H and O–H groups in total. The Morgan fingerprint density at radius 1 is 1.29 bits per heavy atom. The molecular formula is C12H17Cl2FN2. The molecule has 96 valence electrons. The van der Waals surface area contributed by atoms with Crippen LogP contribution in [0.5, 0.6) is 0 Å². The fourth-order valence-electron chi connectivity index (χ4n) is 1.95. The Kier molecular flexibility index (Phi) is 6.20. The summed E-state index contributed by atoms with van der Waals surface area (Å²) in [5.41, 5.74) is 1.00. The number of hydrogen-bond donors (Lipinski definition) is 1. The number of hydrogen-bond acceptors (Lipinski definition) is 2. The van der Waals surface area contributed by atoms with Crippen molar-refractivity contribution in [3.05, 3.63) is 34.6 Å². The van der Waals surface area contributed by atoms with Gasteiger partial charge in [0.2, 0.25) is 0 Å². The van der Waals surface area contributed by atoms with Gasteiger partial charge < -0.3 is 5.32 Å². The highest BCUT2D eigenvalue weighted by molar-refractivity contribution is 6.31. The van der Waals surface area contributed by atoms with Gasteiger partial charge in [-0.3, -0.25) is 4.90 Å². The summed E-state index contributed by atoms with van der Waals surface area (Å²) in [6, 6.07) is 4.63. The molecule has 17 heavy (non-hydrogen) atoms. The lowest BCUT2D eigenvalue weighted by Gasteiger charge is -2.20. The minimum atomic E-state index is -0.272. The van der Waals surface area contributed by atoms with Crippen LogP contribution in [0.25, 0.3) is 0 Å². The predicted molar refractivity (Wildman–Crippen MR) is 71.4 cm³/mol. The van der Waals surface area contributed by atoms with Gasteiger partial charge in [0.05, 0.1) is 0 Å². The summed E-state index contributed by atoms with van der Waals surface area (Å²) in [6.45, 7) is 4.99. The lowest BCUT2D eigenvalue weighted by Crippen LogP contribution is -2.27. The van der Waals surface area contributed by atoms with Crippen LogP contribution in [0.4, 0.5) is 4.39 Å². The molecule has 0 aromatic heterocycles. The average Bonchev–Trinajstić information content (AvgIpc) is 2.51. The van der Waals surface area contributed by atoms with Crippen molar-refractivity contribution in [2.75, 3.05) is 26.2 Å². The molecule has 1 aliphatic heterocycles. The molecule has 0 unspecified atom stereocenters. The molecule has 1 aliphatic rings. The van der Waals surface area contributed by atoms with Gasteiger partial charge in [0.15, 0.2) is 0 Å². The number of halogens is 3. The van der Waals surface area contributed by atoms with Crippen molar-refractivity contribution in [3.8, 4) is 0 Å². The summed E-state index contributed by atoms with van der Waals surface area (Å²) in [4.78, 5) is 2.35. The Hall–Kier alpha value is -0.350. The summed E-state index contributed by atoms with van der Waals surface area (Å²) < 4.78 is 12.9. The van der Waals surface area contributed by atoms with Gasteiger partial charge in [0.1, 0.15) is 5.82 Å². The quantitative estimate of drug-likeness (QED) is 0.895. The molecule has 0 atom stereocenters. The molecule has 1 aromatic carbocycles. The molecule has 1 heterocycles. The van der Waals surface area contributed by atoms with E-state index in [2.05, 4.69) is 10.2 Å². The molecule has 0 amide bonds. The first-order valence-electron chi connectivity index (χ1n) is 5.63. The van der Waals surface area contributed by atoms with Crippen molar-refractivity contribution in [2.24, 2.45) is 0 Å². The minimum absolute atomic E-state index is 0. The van der Waals surface area contributed by atoms with Crippen LogP contribution in [-0.2, 0) is 6.54 Å². The van der Waals surface area contributed by atoms with E-state index in [1.165, 1.54) is 12.1 Å². The fourth-order valence-corrected chi connectivity index (χ4v) is 2.18. The molecule has 0 spiro atoms. The lowest BCUT2D eigenvalue weighted by atomic mass is 10.2. The zero-order valence-corrected chi connectivity index (χ0v) is 11.2. The molecule has 1 aromatic rings. The van der Waals surface area contributed by atoms with Crippen LogP contribution in [0.3, 0.4) is 0 Å². The highest BCUT2D eigenvalue weighted by Gasteiger charge is 2.11. The Morgan fingerprint density at radius 2 is 2.12 bits per heavy atom. The molecule has 0 radical (unpaired) electrons. The lowest BCUT2D eigenvalue weighted by molar-refractivity contribution is 0.284. The van der Waals surface area contributed by atoms with E-state index in [1.807, 2.05) is 0 Å². The first-order valence-corrected chi connectivity index (χ1v) is 6.00.